The SMILES string of the molecule is Cl.Cl.c1ccc([PH](c2ccccc2)(c2ccccc2)c2ccc3ccccc3c2)cc1. The zero-order chi connectivity index (χ0) is 19.5. The molecule has 0 aliphatic heterocycles. The van der Waals surface area contributed by atoms with Crippen molar-refractivity contribution in [2.75, 3.05) is 0 Å². The van der Waals surface area contributed by atoms with Gasteiger partial charge in [-0.1, -0.05) is 0 Å². The summed E-state index contributed by atoms with van der Waals surface area (Å²) in [4.78, 5) is 0. The van der Waals surface area contributed by atoms with Crippen molar-refractivity contribution in [3.05, 3.63) is 133 Å². The molecule has 0 atom stereocenters. The van der Waals surface area contributed by atoms with Gasteiger partial charge in [-0.3, -0.25) is 0 Å². The van der Waals surface area contributed by atoms with Crippen LogP contribution in [-0.2, 0) is 0 Å². The van der Waals surface area contributed by atoms with Crippen LogP contribution in [0.25, 0.3) is 10.8 Å². The Morgan fingerprint density at radius 1 is 0.323 bits per heavy atom. The summed E-state index contributed by atoms with van der Waals surface area (Å²) in [6, 6.07) is 48.9. The van der Waals surface area contributed by atoms with E-state index in [2.05, 4.69) is 133 Å². The third-order valence-corrected chi connectivity index (χ3v) is 10.6. The molecular formula is C28H25Cl2P. The molecule has 156 valence electrons. The van der Waals surface area contributed by atoms with Crippen molar-refractivity contribution in [3.8, 4) is 0 Å². The molecule has 3 heteroatoms. The molecule has 0 spiro atoms. The third kappa shape index (κ3) is 4.12. The van der Waals surface area contributed by atoms with Crippen LogP contribution in [0.3, 0.4) is 0 Å². The van der Waals surface area contributed by atoms with Gasteiger partial charge in [-0.2, -0.15) is 0 Å². The molecule has 0 aromatic heterocycles. The second kappa shape index (κ2) is 10.1. The van der Waals surface area contributed by atoms with Crippen LogP contribution in [0.2, 0.25) is 0 Å². The average molecular weight is 463 g/mol. The monoisotopic (exact) mass is 462 g/mol. The zero-order valence-corrected chi connectivity index (χ0v) is 19.7. The van der Waals surface area contributed by atoms with Gasteiger partial charge in [-0.25, -0.2) is 0 Å². The second-order valence-corrected chi connectivity index (χ2v) is 11.2. The number of rotatable bonds is 4. The van der Waals surface area contributed by atoms with Crippen molar-refractivity contribution in [2.45, 2.75) is 0 Å². The van der Waals surface area contributed by atoms with Crippen LogP contribution in [0, 0.1) is 0 Å². The molecule has 5 rings (SSSR count). The molecular weight excluding hydrogens is 438 g/mol. The fraction of sp³-hybridized carbons (Fsp3) is 0. The maximum absolute atomic E-state index is 2.42. The van der Waals surface area contributed by atoms with Gasteiger partial charge in [0.25, 0.3) is 0 Å². The molecule has 5 aromatic rings. The zero-order valence-electron chi connectivity index (χ0n) is 17.0. The molecule has 0 aliphatic rings. The van der Waals surface area contributed by atoms with Gasteiger partial charge in [0.2, 0.25) is 0 Å². The second-order valence-electron chi connectivity index (χ2n) is 7.41. The first-order valence-corrected chi connectivity index (χ1v) is 12.0. The average Bonchev–Trinajstić information content (AvgIpc) is 2.82. The van der Waals surface area contributed by atoms with Gasteiger partial charge in [-0.15, -0.1) is 24.8 Å². The van der Waals surface area contributed by atoms with E-state index < -0.39 is 7.26 Å². The molecule has 0 bridgehead atoms. The Bertz CT molecular complexity index is 1140. The quantitative estimate of drug-likeness (QED) is 0.286. The molecule has 0 nitrogen and oxygen atoms in total. The molecule has 0 radical (unpaired) electrons. The summed E-state index contributed by atoms with van der Waals surface area (Å²) >= 11 is 0. The maximum atomic E-state index is 2.41. The summed E-state index contributed by atoms with van der Waals surface area (Å²) in [6.45, 7) is 0. The Kier molecular flexibility index (Phi) is 7.52. The van der Waals surface area contributed by atoms with E-state index in [0.717, 1.165) is 0 Å². The van der Waals surface area contributed by atoms with Gasteiger partial charge >= 0.3 is 173 Å². The molecule has 0 fully saturated rings. The van der Waals surface area contributed by atoms with E-state index in [4.69, 9.17) is 0 Å². The number of hydrogen-bond donors (Lipinski definition) is 0. The molecule has 0 heterocycles. The Morgan fingerprint density at radius 3 is 1.16 bits per heavy atom. The van der Waals surface area contributed by atoms with Gasteiger partial charge in [0.1, 0.15) is 0 Å². The predicted octanol–water partition coefficient (Wildman–Crippen LogP) is 6.04. The number of hydrogen-bond acceptors (Lipinski definition) is 0. The summed E-state index contributed by atoms with van der Waals surface area (Å²) in [5, 5.41) is 8.23. The number of fused-ring (bicyclic) bond motifs is 1. The number of halogens is 2. The Hall–Kier alpha value is -2.63. The van der Waals surface area contributed by atoms with Gasteiger partial charge in [-0.05, 0) is 0 Å². The molecule has 0 aliphatic carbocycles. The van der Waals surface area contributed by atoms with Gasteiger partial charge in [0.05, 0.1) is 0 Å². The standard InChI is InChI=1S/C28H23P.2ClH/c1-4-14-25(15-5-1)29(26-16-6-2-7-17-26,27-18-8-3-9-19-27)28-21-20-23-12-10-11-13-24(23)22-28;;/h1-22,29H;2*1H. The Morgan fingerprint density at radius 2 is 0.710 bits per heavy atom. The number of benzene rings is 5. The first-order valence-electron chi connectivity index (χ1n) is 10.0. The van der Waals surface area contributed by atoms with Crippen molar-refractivity contribution in [1.82, 2.24) is 0 Å². The summed E-state index contributed by atoms with van der Waals surface area (Å²) in [5.41, 5.74) is 0. The van der Waals surface area contributed by atoms with Crippen LogP contribution in [0.5, 0.6) is 0 Å². The summed E-state index contributed by atoms with van der Waals surface area (Å²) in [5.74, 6) is 0. The van der Waals surface area contributed by atoms with E-state index in [9.17, 15) is 0 Å². The van der Waals surface area contributed by atoms with Gasteiger partial charge < -0.3 is 0 Å². The Balaban J connectivity index is 0.00000136. The first kappa shape index (κ1) is 23.0. The normalized spacial score (nSPS) is 11.2. The van der Waals surface area contributed by atoms with Crippen molar-refractivity contribution < 1.29 is 0 Å². The molecule has 5 aromatic carbocycles. The fourth-order valence-electron chi connectivity index (χ4n) is 4.49. The molecule has 0 saturated carbocycles. The molecule has 0 amide bonds. The summed E-state index contributed by atoms with van der Waals surface area (Å²) < 4.78 is 0. The summed E-state index contributed by atoms with van der Waals surface area (Å²) in [7, 11) is -2.42. The minimum atomic E-state index is -2.42. The van der Waals surface area contributed by atoms with Crippen molar-refractivity contribution in [2.24, 2.45) is 0 Å². The van der Waals surface area contributed by atoms with E-state index in [0.29, 0.717) is 0 Å². The van der Waals surface area contributed by atoms with Crippen molar-refractivity contribution in [1.29, 1.82) is 0 Å². The van der Waals surface area contributed by atoms with E-state index in [-0.39, 0.29) is 24.8 Å². The fourth-order valence-corrected chi connectivity index (χ4v) is 9.27. The molecule has 0 saturated heterocycles. The van der Waals surface area contributed by atoms with Crippen LogP contribution >= 0.6 is 32.1 Å². The van der Waals surface area contributed by atoms with E-state index in [1.807, 2.05) is 0 Å². The van der Waals surface area contributed by atoms with Gasteiger partial charge in [0.15, 0.2) is 0 Å². The van der Waals surface area contributed by atoms with E-state index >= 15 is 0 Å². The van der Waals surface area contributed by atoms with Gasteiger partial charge in [0, 0.05) is 0 Å². The van der Waals surface area contributed by atoms with Crippen LogP contribution in [-0.4, -0.2) is 0 Å². The molecule has 0 N–H and O–H groups in total. The summed E-state index contributed by atoms with van der Waals surface area (Å²) in [6.07, 6.45) is 0. The van der Waals surface area contributed by atoms with Crippen molar-refractivity contribution >= 4 is 64.1 Å². The van der Waals surface area contributed by atoms with E-state index in [1.54, 1.807) is 0 Å². The van der Waals surface area contributed by atoms with E-state index in [1.165, 1.54) is 32.0 Å². The van der Waals surface area contributed by atoms with Crippen LogP contribution in [0.1, 0.15) is 0 Å². The van der Waals surface area contributed by atoms with Crippen LogP contribution < -0.4 is 21.2 Å². The minimum absolute atomic E-state index is 0. The van der Waals surface area contributed by atoms with Crippen LogP contribution in [0.15, 0.2) is 133 Å². The topological polar surface area (TPSA) is 0 Å². The third-order valence-electron chi connectivity index (χ3n) is 5.80. The first-order chi connectivity index (χ1) is 14.4. The Labute approximate surface area is 197 Å². The predicted molar refractivity (Wildman–Crippen MR) is 145 cm³/mol. The van der Waals surface area contributed by atoms with Crippen molar-refractivity contribution in [3.63, 3.8) is 0 Å². The molecule has 31 heavy (non-hydrogen) atoms. The van der Waals surface area contributed by atoms with Crippen LogP contribution in [0.4, 0.5) is 0 Å². The molecule has 0 unspecified atom stereocenters.